The summed E-state index contributed by atoms with van der Waals surface area (Å²) in [6.45, 7) is 4.18. The van der Waals surface area contributed by atoms with E-state index in [0.29, 0.717) is 6.54 Å². The van der Waals surface area contributed by atoms with Gasteiger partial charge < -0.3 is 20.7 Å². The van der Waals surface area contributed by atoms with Crippen molar-refractivity contribution in [3.05, 3.63) is 71.3 Å². The van der Waals surface area contributed by atoms with Crippen LogP contribution in [0.4, 0.5) is 4.79 Å². The summed E-state index contributed by atoms with van der Waals surface area (Å²) < 4.78 is 4.81. The van der Waals surface area contributed by atoms with Gasteiger partial charge in [-0.1, -0.05) is 61.5 Å². The number of nitrogens with one attached hydrogen (secondary N) is 1. The number of hydrogen-bond acceptors (Lipinski definition) is 4. The van der Waals surface area contributed by atoms with E-state index in [9.17, 15) is 14.4 Å². The summed E-state index contributed by atoms with van der Waals surface area (Å²) in [6, 6.07) is 15.8. The Kier molecular flexibility index (Phi) is 8.41. The second-order valence-electron chi connectivity index (χ2n) is 7.31. The summed E-state index contributed by atoms with van der Waals surface area (Å²) in [7, 11) is 1.33. The predicted molar refractivity (Wildman–Crippen MR) is 114 cm³/mol. The Morgan fingerprint density at radius 3 is 2.30 bits per heavy atom. The van der Waals surface area contributed by atoms with Crippen LogP contribution in [0.2, 0.25) is 0 Å². The van der Waals surface area contributed by atoms with Gasteiger partial charge in [0.2, 0.25) is 5.91 Å². The first-order valence-electron chi connectivity index (χ1n) is 9.82. The molecule has 0 aliphatic carbocycles. The van der Waals surface area contributed by atoms with Gasteiger partial charge in [-0.15, -0.1) is 0 Å². The average molecular weight is 412 g/mol. The highest BCUT2D eigenvalue weighted by molar-refractivity contribution is 5.80. The van der Waals surface area contributed by atoms with Crippen LogP contribution in [0.3, 0.4) is 0 Å². The Balaban J connectivity index is 2.26. The van der Waals surface area contributed by atoms with Gasteiger partial charge in [0.1, 0.15) is 0 Å². The number of nitrogens with zero attached hydrogens (tertiary/aromatic N) is 1. The van der Waals surface area contributed by atoms with E-state index in [4.69, 9.17) is 10.5 Å². The lowest BCUT2D eigenvalue weighted by Gasteiger charge is -2.28. The van der Waals surface area contributed by atoms with Crippen LogP contribution in [0.1, 0.15) is 36.1 Å². The zero-order valence-electron chi connectivity index (χ0n) is 17.6. The Labute approximate surface area is 177 Å². The third-order valence-electron chi connectivity index (χ3n) is 4.93. The Morgan fingerprint density at radius 1 is 1.07 bits per heavy atom. The highest BCUT2D eigenvalue weighted by atomic mass is 16.5. The second kappa shape index (κ2) is 11.0. The van der Waals surface area contributed by atoms with Crippen molar-refractivity contribution >= 4 is 17.9 Å². The number of nitrogens with two attached hydrogens (primary N) is 1. The summed E-state index contributed by atoms with van der Waals surface area (Å²) in [5.41, 5.74) is 8.07. The highest BCUT2D eigenvalue weighted by Gasteiger charge is 2.26. The summed E-state index contributed by atoms with van der Waals surface area (Å²) in [4.78, 5) is 38.4. The number of carbonyl (C=O) groups is 3. The molecule has 0 heterocycles. The Hall–Kier alpha value is -3.35. The Bertz CT molecular complexity index is 870. The summed E-state index contributed by atoms with van der Waals surface area (Å²) in [6.07, 6.45) is 0.0223. The molecule has 2 aromatic carbocycles. The van der Waals surface area contributed by atoms with Gasteiger partial charge in [0, 0.05) is 13.1 Å². The van der Waals surface area contributed by atoms with Crippen LogP contribution in [-0.2, 0) is 20.9 Å². The predicted octanol–water partition coefficient (Wildman–Crippen LogP) is 2.93. The molecule has 0 saturated heterocycles. The van der Waals surface area contributed by atoms with Crippen molar-refractivity contribution in [2.24, 2.45) is 11.7 Å². The fraction of sp³-hybridized carbons (Fsp3) is 0.348. The van der Waals surface area contributed by atoms with Crippen molar-refractivity contribution in [3.63, 3.8) is 0 Å². The van der Waals surface area contributed by atoms with Crippen molar-refractivity contribution in [2.75, 3.05) is 13.7 Å². The molecule has 2 aromatic rings. The number of carbonyl (C=O) groups excluding carboxylic acids is 3. The van der Waals surface area contributed by atoms with E-state index < -0.39 is 18.0 Å². The van der Waals surface area contributed by atoms with E-state index >= 15 is 0 Å². The maximum Gasteiger partial charge on any atom is 0.312 e. The summed E-state index contributed by atoms with van der Waals surface area (Å²) in [5, 5.41) is 2.67. The molecule has 0 saturated carbocycles. The third-order valence-corrected chi connectivity index (χ3v) is 4.93. The van der Waals surface area contributed by atoms with Gasteiger partial charge in [-0.25, -0.2) is 4.79 Å². The van der Waals surface area contributed by atoms with Crippen molar-refractivity contribution in [1.29, 1.82) is 0 Å². The van der Waals surface area contributed by atoms with E-state index in [0.717, 1.165) is 16.7 Å². The van der Waals surface area contributed by atoms with Crippen LogP contribution in [0.25, 0.3) is 0 Å². The molecule has 0 spiro atoms. The molecule has 3 N–H and O–H groups in total. The first-order chi connectivity index (χ1) is 14.3. The number of ether oxygens (including phenoxy) is 1. The zero-order valence-corrected chi connectivity index (χ0v) is 17.6. The molecule has 2 rings (SSSR count). The minimum Gasteiger partial charge on any atom is -0.469 e. The molecule has 2 unspecified atom stereocenters. The minimum absolute atomic E-state index is 0.0223. The molecule has 30 heavy (non-hydrogen) atoms. The van der Waals surface area contributed by atoms with Gasteiger partial charge in [-0.05, 0) is 23.6 Å². The third kappa shape index (κ3) is 6.62. The average Bonchev–Trinajstić information content (AvgIpc) is 2.72. The monoisotopic (exact) mass is 411 g/mol. The molecule has 2 atom stereocenters. The van der Waals surface area contributed by atoms with Crippen LogP contribution in [0.15, 0.2) is 54.6 Å². The molecule has 7 heteroatoms. The van der Waals surface area contributed by atoms with Gasteiger partial charge in [0.15, 0.2) is 0 Å². The lowest BCUT2D eigenvalue weighted by atomic mass is 9.98. The highest BCUT2D eigenvalue weighted by Crippen LogP contribution is 2.22. The molecule has 0 bridgehead atoms. The number of esters is 1. The maximum atomic E-state index is 13.3. The van der Waals surface area contributed by atoms with E-state index in [1.807, 2.05) is 61.5 Å². The summed E-state index contributed by atoms with van der Waals surface area (Å²) in [5.74, 6) is -1.06. The van der Waals surface area contributed by atoms with E-state index in [2.05, 4.69) is 5.32 Å². The molecule has 0 fully saturated rings. The molecule has 3 amide bonds. The van der Waals surface area contributed by atoms with Gasteiger partial charge in [0.05, 0.1) is 25.5 Å². The van der Waals surface area contributed by atoms with Crippen LogP contribution in [0.5, 0.6) is 0 Å². The zero-order chi connectivity index (χ0) is 22.1. The quantitative estimate of drug-likeness (QED) is 0.620. The van der Waals surface area contributed by atoms with Crippen LogP contribution in [-0.4, -0.2) is 36.5 Å². The van der Waals surface area contributed by atoms with Crippen LogP contribution < -0.4 is 11.1 Å². The second-order valence-corrected chi connectivity index (χ2v) is 7.31. The number of hydrogen-bond donors (Lipinski definition) is 2. The molecule has 0 aliphatic heterocycles. The standard InChI is InChI=1S/C23H29N3O4/c1-16-9-7-8-12-19(16)20(25-23(24)29)13-21(27)26(14-17(2)22(28)30-3)15-18-10-5-4-6-11-18/h4-12,17,20H,13-15H2,1-3H3,(H3,24,25,29). The van der Waals surface area contributed by atoms with Crippen LogP contribution >= 0.6 is 0 Å². The SMILES string of the molecule is COC(=O)C(C)CN(Cc1ccccc1)C(=O)CC(NC(N)=O)c1ccccc1C. The molecular formula is C23H29N3O4. The molecule has 7 nitrogen and oxygen atoms in total. The maximum absolute atomic E-state index is 13.3. The van der Waals surface area contributed by atoms with Crippen molar-refractivity contribution < 1.29 is 19.1 Å². The number of benzene rings is 2. The number of urea groups is 1. The van der Waals surface area contributed by atoms with Crippen molar-refractivity contribution in [2.45, 2.75) is 32.9 Å². The number of aryl methyl sites for hydroxylation is 1. The largest absolute Gasteiger partial charge is 0.469 e. The van der Waals surface area contributed by atoms with Crippen LogP contribution in [0, 0.1) is 12.8 Å². The van der Waals surface area contributed by atoms with E-state index in [1.54, 1.807) is 11.8 Å². The van der Waals surface area contributed by atoms with Gasteiger partial charge in [-0.3, -0.25) is 9.59 Å². The number of methoxy groups -OCH3 is 1. The lowest BCUT2D eigenvalue weighted by Crippen LogP contribution is -2.40. The molecule has 0 radical (unpaired) electrons. The molecule has 0 aliphatic rings. The molecular weight excluding hydrogens is 382 g/mol. The smallest absolute Gasteiger partial charge is 0.312 e. The van der Waals surface area contributed by atoms with E-state index in [-0.39, 0.29) is 24.8 Å². The van der Waals surface area contributed by atoms with E-state index in [1.165, 1.54) is 7.11 Å². The lowest BCUT2D eigenvalue weighted by molar-refractivity contribution is -0.146. The molecule has 160 valence electrons. The number of rotatable bonds is 9. The number of primary amides is 1. The Morgan fingerprint density at radius 2 is 1.70 bits per heavy atom. The summed E-state index contributed by atoms with van der Waals surface area (Å²) >= 11 is 0. The minimum atomic E-state index is -0.700. The normalized spacial score (nSPS) is 12.5. The van der Waals surface area contributed by atoms with Gasteiger partial charge >= 0.3 is 12.0 Å². The first kappa shape index (κ1) is 22.9. The van der Waals surface area contributed by atoms with Gasteiger partial charge in [0.25, 0.3) is 0 Å². The van der Waals surface area contributed by atoms with Crippen molar-refractivity contribution in [3.8, 4) is 0 Å². The topological polar surface area (TPSA) is 102 Å². The number of amides is 3. The van der Waals surface area contributed by atoms with Gasteiger partial charge in [-0.2, -0.15) is 0 Å². The molecule has 0 aromatic heterocycles. The fourth-order valence-corrected chi connectivity index (χ4v) is 3.36. The first-order valence-corrected chi connectivity index (χ1v) is 9.82. The van der Waals surface area contributed by atoms with Crippen molar-refractivity contribution in [1.82, 2.24) is 10.2 Å². The fourth-order valence-electron chi connectivity index (χ4n) is 3.36.